The molecular weight excluding hydrogens is 484 g/mol. The van der Waals surface area contributed by atoms with Crippen molar-refractivity contribution in [3.63, 3.8) is 0 Å². The molecule has 1 atom stereocenters. The van der Waals surface area contributed by atoms with Crippen LogP contribution in [0.5, 0.6) is 5.75 Å². The molecule has 1 saturated heterocycles. The molecule has 2 aliphatic rings. The van der Waals surface area contributed by atoms with Crippen molar-refractivity contribution in [2.24, 2.45) is 0 Å². The number of hydrogen-bond donors (Lipinski definition) is 0. The first-order chi connectivity index (χ1) is 18.3. The van der Waals surface area contributed by atoms with Crippen molar-refractivity contribution < 1.29 is 23.9 Å². The number of unbranched alkanes of at least 4 members (excludes halogenated alkanes) is 1. The Morgan fingerprint density at radius 2 is 1.68 bits per heavy atom. The first-order valence-electron chi connectivity index (χ1n) is 14.0. The van der Waals surface area contributed by atoms with E-state index in [1.54, 1.807) is 35.8 Å². The van der Waals surface area contributed by atoms with Crippen molar-refractivity contribution in [1.82, 2.24) is 19.6 Å². The van der Waals surface area contributed by atoms with Gasteiger partial charge in [0.05, 0.1) is 6.54 Å². The van der Waals surface area contributed by atoms with E-state index in [9.17, 15) is 19.2 Å². The van der Waals surface area contributed by atoms with Crippen molar-refractivity contribution in [3.05, 3.63) is 29.8 Å². The molecule has 0 spiro atoms. The molecular formula is C29H44N4O5. The number of aryl methyl sites for hydroxylation is 1. The molecule has 0 N–H and O–H groups in total. The van der Waals surface area contributed by atoms with Crippen LogP contribution in [0.2, 0.25) is 0 Å². The SMILES string of the molecule is CN(CCCC[C@H]1C(=O)N(C)CCCCc2ccccc2OCC(=O)N1C)C(=O)CN1CCCCCC1=O. The second kappa shape index (κ2) is 14.7. The van der Waals surface area contributed by atoms with E-state index in [1.807, 2.05) is 24.3 Å². The van der Waals surface area contributed by atoms with E-state index in [0.717, 1.165) is 49.8 Å². The monoisotopic (exact) mass is 528 g/mol. The topological polar surface area (TPSA) is 90.5 Å². The predicted molar refractivity (Wildman–Crippen MR) is 146 cm³/mol. The summed E-state index contributed by atoms with van der Waals surface area (Å²) in [5, 5.41) is 0. The van der Waals surface area contributed by atoms with Crippen LogP contribution >= 0.6 is 0 Å². The third-order valence-electron chi connectivity index (χ3n) is 7.68. The number of rotatable bonds is 7. The van der Waals surface area contributed by atoms with Crippen LogP contribution in [-0.2, 0) is 25.6 Å². The minimum atomic E-state index is -0.581. The highest BCUT2D eigenvalue weighted by molar-refractivity contribution is 5.88. The van der Waals surface area contributed by atoms with Gasteiger partial charge < -0.3 is 24.3 Å². The molecule has 0 bridgehead atoms. The Morgan fingerprint density at radius 1 is 0.947 bits per heavy atom. The van der Waals surface area contributed by atoms with Crippen LogP contribution < -0.4 is 4.74 Å². The fourth-order valence-corrected chi connectivity index (χ4v) is 5.08. The summed E-state index contributed by atoms with van der Waals surface area (Å²) < 4.78 is 5.87. The van der Waals surface area contributed by atoms with Crippen LogP contribution in [0.4, 0.5) is 0 Å². The number of nitrogens with zero attached hydrogens (tertiary/aromatic N) is 4. The zero-order valence-corrected chi connectivity index (χ0v) is 23.3. The number of para-hydroxylation sites is 1. The average molecular weight is 529 g/mol. The quantitative estimate of drug-likeness (QED) is 0.508. The van der Waals surface area contributed by atoms with Gasteiger partial charge in [0.25, 0.3) is 5.91 Å². The summed E-state index contributed by atoms with van der Waals surface area (Å²) in [4.78, 5) is 57.8. The Morgan fingerprint density at radius 3 is 2.50 bits per heavy atom. The first-order valence-corrected chi connectivity index (χ1v) is 14.0. The molecule has 9 heteroatoms. The Labute approximate surface area is 227 Å². The third kappa shape index (κ3) is 8.46. The molecule has 0 saturated carbocycles. The van der Waals surface area contributed by atoms with Crippen molar-refractivity contribution >= 4 is 23.6 Å². The molecule has 2 heterocycles. The number of likely N-dealkylation sites (N-methyl/N-ethyl adjacent to an activating group) is 3. The molecule has 1 aromatic rings. The van der Waals surface area contributed by atoms with Crippen molar-refractivity contribution in [2.75, 3.05) is 53.9 Å². The third-order valence-corrected chi connectivity index (χ3v) is 7.68. The minimum absolute atomic E-state index is 0.0604. The van der Waals surface area contributed by atoms with Gasteiger partial charge in [-0.25, -0.2) is 0 Å². The molecule has 1 fully saturated rings. The van der Waals surface area contributed by atoms with Crippen LogP contribution in [-0.4, -0.2) is 103 Å². The maximum absolute atomic E-state index is 13.3. The summed E-state index contributed by atoms with van der Waals surface area (Å²) >= 11 is 0. The normalized spacial score (nSPS) is 20.0. The molecule has 1 aromatic carbocycles. The van der Waals surface area contributed by atoms with E-state index in [2.05, 4.69) is 0 Å². The van der Waals surface area contributed by atoms with Gasteiger partial charge in [0, 0.05) is 47.2 Å². The lowest BCUT2D eigenvalue weighted by atomic mass is 10.1. The first kappa shape index (κ1) is 29.5. The number of benzene rings is 1. The largest absolute Gasteiger partial charge is 0.483 e. The maximum Gasteiger partial charge on any atom is 0.260 e. The zero-order chi connectivity index (χ0) is 27.5. The average Bonchev–Trinajstić information content (AvgIpc) is 3.12. The number of ether oxygens (including phenoxy) is 1. The van der Waals surface area contributed by atoms with Crippen LogP contribution in [0.1, 0.15) is 63.4 Å². The van der Waals surface area contributed by atoms with Gasteiger partial charge in [-0.1, -0.05) is 24.6 Å². The second-order valence-electron chi connectivity index (χ2n) is 10.6. The number of fused-ring (bicyclic) bond motifs is 1. The fraction of sp³-hybridized carbons (Fsp3) is 0.655. The highest BCUT2D eigenvalue weighted by Crippen LogP contribution is 2.21. The number of carbonyl (C=O) groups is 4. The van der Waals surface area contributed by atoms with Crippen molar-refractivity contribution in [1.29, 1.82) is 0 Å². The maximum atomic E-state index is 13.3. The van der Waals surface area contributed by atoms with Gasteiger partial charge in [-0.3, -0.25) is 19.2 Å². The van der Waals surface area contributed by atoms with Gasteiger partial charge in [-0.2, -0.15) is 0 Å². The standard InChI is InChI=1S/C29H44N4O5/c1-30(27(35)21-33-20-10-4-5-17-26(33)34)18-12-9-15-24-29(37)31(2)19-11-8-14-23-13-6-7-16-25(23)38-22-28(36)32(24)3/h6-7,13,16,24H,4-5,8-12,14-15,17-22H2,1-3H3/t24-/m0/s1. The summed E-state index contributed by atoms with van der Waals surface area (Å²) in [5.41, 5.74) is 1.08. The number of hydrogen-bond acceptors (Lipinski definition) is 5. The summed E-state index contributed by atoms with van der Waals surface area (Å²) in [6, 6.07) is 7.20. The van der Waals surface area contributed by atoms with E-state index in [0.29, 0.717) is 45.3 Å². The molecule has 0 radical (unpaired) electrons. The van der Waals surface area contributed by atoms with E-state index in [1.165, 1.54) is 4.90 Å². The molecule has 210 valence electrons. The van der Waals surface area contributed by atoms with Gasteiger partial charge in [0.2, 0.25) is 17.7 Å². The minimum Gasteiger partial charge on any atom is -0.483 e. The molecule has 0 aliphatic carbocycles. The zero-order valence-electron chi connectivity index (χ0n) is 23.3. The number of likely N-dealkylation sites (tertiary alicyclic amines) is 1. The van der Waals surface area contributed by atoms with E-state index < -0.39 is 6.04 Å². The summed E-state index contributed by atoms with van der Waals surface area (Å²) in [7, 11) is 5.23. The fourth-order valence-electron chi connectivity index (χ4n) is 5.08. The smallest absolute Gasteiger partial charge is 0.260 e. The number of carbonyl (C=O) groups excluding carboxylic acids is 4. The van der Waals surface area contributed by atoms with Crippen LogP contribution in [0.25, 0.3) is 0 Å². The highest BCUT2D eigenvalue weighted by Gasteiger charge is 2.29. The van der Waals surface area contributed by atoms with E-state index in [-0.39, 0.29) is 36.8 Å². The molecule has 0 aromatic heterocycles. The Hall–Kier alpha value is -3.10. The Balaban J connectivity index is 1.55. The predicted octanol–water partition coefficient (Wildman–Crippen LogP) is 2.72. The number of amides is 4. The Kier molecular flexibility index (Phi) is 11.4. The summed E-state index contributed by atoms with van der Waals surface area (Å²) in [5.74, 6) is 0.411. The lowest BCUT2D eigenvalue weighted by Crippen LogP contribution is -2.49. The van der Waals surface area contributed by atoms with E-state index >= 15 is 0 Å². The van der Waals surface area contributed by atoms with Gasteiger partial charge in [-0.05, 0) is 63.0 Å². The molecule has 2 aliphatic heterocycles. The lowest BCUT2D eigenvalue weighted by Gasteiger charge is -2.31. The molecule has 0 unspecified atom stereocenters. The summed E-state index contributed by atoms with van der Waals surface area (Å²) in [6.45, 7) is 1.82. The van der Waals surface area contributed by atoms with Gasteiger partial charge in [0.15, 0.2) is 6.61 Å². The van der Waals surface area contributed by atoms with Crippen molar-refractivity contribution in [2.45, 2.75) is 70.3 Å². The molecule has 4 amide bonds. The molecule has 3 rings (SSSR count). The molecule has 38 heavy (non-hydrogen) atoms. The summed E-state index contributed by atoms with van der Waals surface area (Å²) in [6.07, 6.45) is 7.91. The van der Waals surface area contributed by atoms with Crippen LogP contribution in [0, 0.1) is 0 Å². The second-order valence-corrected chi connectivity index (χ2v) is 10.6. The van der Waals surface area contributed by atoms with Gasteiger partial charge >= 0.3 is 0 Å². The van der Waals surface area contributed by atoms with E-state index in [4.69, 9.17) is 4.74 Å². The van der Waals surface area contributed by atoms with Gasteiger partial charge in [0.1, 0.15) is 11.8 Å². The molecule has 9 nitrogen and oxygen atoms in total. The van der Waals surface area contributed by atoms with Crippen LogP contribution in [0.15, 0.2) is 24.3 Å². The lowest BCUT2D eigenvalue weighted by molar-refractivity contribution is -0.145. The van der Waals surface area contributed by atoms with Gasteiger partial charge in [-0.15, -0.1) is 0 Å². The Bertz CT molecular complexity index is 968. The highest BCUT2D eigenvalue weighted by atomic mass is 16.5. The van der Waals surface area contributed by atoms with Crippen molar-refractivity contribution in [3.8, 4) is 5.75 Å². The van der Waals surface area contributed by atoms with Crippen LogP contribution in [0.3, 0.4) is 0 Å².